The molecule has 3 heteroatoms. The first kappa shape index (κ1) is 11.3. The van der Waals surface area contributed by atoms with E-state index in [1.165, 1.54) is 0 Å². The molecule has 0 spiro atoms. The number of hydrogen-bond donors (Lipinski definition) is 0. The van der Waals surface area contributed by atoms with E-state index in [2.05, 4.69) is 0 Å². The Morgan fingerprint density at radius 3 is 1.80 bits per heavy atom. The molecule has 230 valence electrons. The highest BCUT2D eigenvalue weighted by atomic mass is 16.3. The van der Waals surface area contributed by atoms with Crippen molar-refractivity contribution in [1.29, 1.82) is 0 Å². The van der Waals surface area contributed by atoms with Crippen LogP contribution in [0.1, 0.15) is 39.8 Å². The van der Waals surface area contributed by atoms with Gasteiger partial charge < -0.3 is 13.7 Å². The van der Waals surface area contributed by atoms with Crippen LogP contribution in [0.3, 0.4) is 0 Å². The van der Waals surface area contributed by atoms with Gasteiger partial charge in [-0.05, 0) is 82.0 Å². The molecule has 0 atom stereocenters. The average Bonchev–Trinajstić information content (AvgIpc) is 4.05. The Labute approximate surface area is 323 Å². The van der Waals surface area contributed by atoms with Gasteiger partial charge in [-0.2, -0.15) is 0 Å². The van der Waals surface area contributed by atoms with Crippen LogP contribution in [0.15, 0.2) is 184 Å². The van der Waals surface area contributed by atoms with Gasteiger partial charge in [0.15, 0.2) is 0 Å². The number of hydrogen-bond acceptors (Lipinski definition) is 3. The maximum absolute atomic E-state index is 9.75. The monoisotopic (exact) mass is 656 g/mol. The SMILES string of the molecule is [2H]c1c([2H])c([2H])c(-c2c([2H])c([2H])c(N(c3c([2H])c([2H])c(-c4c([2H])c([2H])c([2H])c5oc6c([2H])c([2H])c([2H])c([2H])c6c45)c([2H])c3[2H])c3c([2H])c([2H])c([2H])c4oc5c6c([2H])c([2H])c([2H])c([2H])c6c([2H])c([2H])c5c34)c([2H])c2[2H])c([2H])c1[2H]. The highest BCUT2D eigenvalue weighted by Crippen LogP contribution is 2.45. The van der Waals surface area contributed by atoms with Gasteiger partial charge in [0, 0.05) is 32.9 Å². The second kappa shape index (κ2) is 11.0. The molecule has 49 heavy (non-hydrogen) atoms. The fraction of sp³-hybridized carbons (Fsp3) is 0. The van der Waals surface area contributed by atoms with E-state index in [-0.39, 0.29) is 0 Å². The first-order chi connectivity index (χ1) is 36.4. The summed E-state index contributed by atoms with van der Waals surface area (Å²) in [6, 6.07) is -28.5. The Hall–Kier alpha value is -6.58. The smallest absolute Gasteiger partial charge is 0.143 e. The lowest BCUT2D eigenvalue weighted by Gasteiger charge is -2.26. The molecular formula is C46H29NO2. The Balaban J connectivity index is 1.44. The summed E-state index contributed by atoms with van der Waals surface area (Å²) in [7, 11) is 0. The van der Waals surface area contributed by atoms with Crippen LogP contribution in [0.4, 0.5) is 17.1 Å². The molecule has 10 aromatic rings. The van der Waals surface area contributed by atoms with E-state index >= 15 is 0 Å². The van der Waals surface area contributed by atoms with E-state index in [1.54, 1.807) is 0 Å². The van der Waals surface area contributed by atoms with Gasteiger partial charge in [0.25, 0.3) is 0 Å². The second-order valence-corrected chi connectivity index (χ2v) is 10.3. The van der Waals surface area contributed by atoms with Gasteiger partial charge in [0.1, 0.15) is 22.3 Å². The van der Waals surface area contributed by atoms with E-state index < -0.39 is 269 Å². The van der Waals surface area contributed by atoms with Crippen LogP contribution in [-0.2, 0) is 0 Å². The minimum Gasteiger partial charge on any atom is -0.456 e. The number of furan rings is 2. The van der Waals surface area contributed by atoms with Crippen molar-refractivity contribution in [3.8, 4) is 22.3 Å². The number of benzene rings is 8. The van der Waals surface area contributed by atoms with Crippen LogP contribution in [0, 0.1) is 0 Å². The molecule has 3 nitrogen and oxygen atoms in total. The lowest BCUT2D eigenvalue weighted by atomic mass is 9.98. The fourth-order valence-corrected chi connectivity index (χ4v) is 5.46. The topological polar surface area (TPSA) is 29.5 Å². The molecule has 0 aliphatic rings. The van der Waals surface area contributed by atoms with Gasteiger partial charge in [-0.3, -0.25) is 0 Å². The van der Waals surface area contributed by atoms with Crippen molar-refractivity contribution in [3.63, 3.8) is 0 Å². The number of rotatable bonds is 5. The minimum absolute atomic E-state index is 0.422. The Kier molecular flexibility index (Phi) is 2.53. The first-order valence-electron chi connectivity index (χ1n) is 28.7. The summed E-state index contributed by atoms with van der Waals surface area (Å²) >= 11 is 0. The van der Waals surface area contributed by atoms with E-state index in [0.29, 0.717) is 4.90 Å². The quantitative estimate of drug-likeness (QED) is 0.185. The van der Waals surface area contributed by atoms with E-state index in [0.717, 1.165) is 0 Å². The zero-order valence-electron chi connectivity index (χ0n) is 53.3. The Bertz CT molecular complexity index is 4420. The molecular weight excluding hydrogens is 599 g/mol. The predicted octanol–water partition coefficient (Wildman–Crippen LogP) is 13.4. The molecule has 0 fully saturated rings. The standard InChI is InChI=1S/C46H29NO2/c1-2-10-30(11-3-1)31-20-25-34(26-21-31)47(40-16-9-19-43-45(40)39-29-24-32-12-4-5-13-37(32)46(39)49-43)35-27-22-33(23-28-35)36-15-8-18-42-44(36)38-14-6-7-17-41(38)48-42/h1-29H/i1D,2D,3D,4D,5D,6D,7D,8D,9D,10D,11D,12D,13D,14D,15D,16D,17D,18D,19D,20D,21D,22D,23D,24D,25D,26D,27D,28D,29D. The number of fused-ring (bicyclic) bond motifs is 8. The molecule has 0 bridgehead atoms. The van der Waals surface area contributed by atoms with Gasteiger partial charge in [0.2, 0.25) is 0 Å². The summed E-state index contributed by atoms with van der Waals surface area (Å²) in [6.45, 7) is 0. The average molecular weight is 657 g/mol. The lowest BCUT2D eigenvalue weighted by Crippen LogP contribution is -2.10. The van der Waals surface area contributed by atoms with Gasteiger partial charge >= 0.3 is 0 Å². The van der Waals surface area contributed by atoms with Crippen LogP contribution in [0.2, 0.25) is 0 Å². The third-order valence-corrected chi connectivity index (χ3v) is 7.57. The summed E-state index contributed by atoms with van der Waals surface area (Å²) in [5.74, 6) is 0. The molecule has 0 radical (unpaired) electrons. The zero-order chi connectivity index (χ0) is 57.5. The van der Waals surface area contributed by atoms with Crippen LogP contribution >= 0.6 is 0 Å². The molecule has 0 unspecified atom stereocenters. The number of nitrogens with zero attached hydrogens (tertiary/aromatic N) is 1. The summed E-state index contributed by atoms with van der Waals surface area (Å²) in [5.41, 5.74) is -9.13. The summed E-state index contributed by atoms with van der Waals surface area (Å²) in [4.78, 5) is 0.422. The van der Waals surface area contributed by atoms with Crippen LogP contribution < -0.4 is 4.90 Å². The normalized spacial score (nSPS) is 20.0. The van der Waals surface area contributed by atoms with Crippen molar-refractivity contribution in [2.75, 3.05) is 4.90 Å². The lowest BCUT2D eigenvalue weighted by molar-refractivity contribution is 0.669. The molecule has 0 saturated heterocycles. The molecule has 2 aromatic heterocycles. The van der Waals surface area contributed by atoms with Crippen molar-refractivity contribution < 1.29 is 48.6 Å². The molecule has 10 rings (SSSR count). The molecule has 0 saturated carbocycles. The zero-order valence-corrected chi connectivity index (χ0v) is 24.3. The van der Waals surface area contributed by atoms with E-state index in [4.69, 9.17) is 34.9 Å². The molecule has 2 heterocycles. The first-order valence-corrected chi connectivity index (χ1v) is 14.2. The number of anilines is 3. The van der Waals surface area contributed by atoms with Crippen LogP contribution in [-0.4, -0.2) is 0 Å². The third-order valence-electron chi connectivity index (χ3n) is 7.57. The van der Waals surface area contributed by atoms with Gasteiger partial charge in [-0.15, -0.1) is 0 Å². The highest BCUT2D eigenvalue weighted by molar-refractivity contribution is 6.19. The van der Waals surface area contributed by atoms with Crippen molar-refractivity contribution in [2.45, 2.75) is 0 Å². The highest BCUT2D eigenvalue weighted by Gasteiger charge is 2.21. The molecule has 0 aliphatic heterocycles. The molecule has 0 amide bonds. The van der Waals surface area contributed by atoms with Gasteiger partial charge in [0.05, 0.1) is 50.8 Å². The maximum atomic E-state index is 9.75. The molecule has 0 N–H and O–H groups in total. The van der Waals surface area contributed by atoms with E-state index in [1.807, 2.05) is 0 Å². The summed E-state index contributed by atoms with van der Waals surface area (Å²) < 4.78 is 271. The van der Waals surface area contributed by atoms with Crippen molar-refractivity contribution in [1.82, 2.24) is 0 Å². The summed E-state index contributed by atoms with van der Waals surface area (Å²) in [5, 5.41) is -3.43. The minimum atomic E-state index is -1.25. The Morgan fingerprint density at radius 2 is 1.00 bits per heavy atom. The number of para-hydroxylation sites is 1. The van der Waals surface area contributed by atoms with Crippen LogP contribution in [0.25, 0.3) is 76.9 Å². The second-order valence-electron chi connectivity index (χ2n) is 10.3. The van der Waals surface area contributed by atoms with Gasteiger partial charge in [-0.25, -0.2) is 0 Å². The predicted molar refractivity (Wildman–Crippen MR) is 204 cm³/mol. The van der Waals surface area contributed by atoms with Crippen molar-refractivity contribution in [3.05, 3.63) is 175 Å². The van der Waals surface area contributed by atoms with Crippen molar-refractivity contribution in [2.24, 2.45) is 0 Å². The van der Waals surface area contributed by atoms with Crippen LogP contribution in [0.5, 0.6) is 0 Å². The molecule has 0 aliphatic carbocycles. The Morgan fingerprint density at radius 1 is 0.388 bits per heavy atom. The largest absolute Gasteiger partial charge is 0.456 e. The van der Waals surface area contributed by atoms with E-state index in [9.17, 15) is 13.7 Å². The summed E-state index contributed by atoms with van der Waals surface area (Å²) in [6.07, 6.45) is 0. The maximum Gasteiger partial charge on any atom is 0.143 e. The molecule has 8 aromatic carbocycles. The third kappa shape index (κ3) is 4.44. The van der Waals surface area contributed by atoms with Crippen molar-refractivity contribution >= 4 is 71.7 Å². The van der Waals surface area contributed by atoms with Gasteiger partial charge in [-0.1, -0.05) is 121 Å². The fourth-order valence-electron chi connectivity index (χ4n) is 5.46.